The van der Waals surface area contributed by atoms with Gasteiger partial charge >= 0.3 is 0 Å². The lowest BCUT2D eigenvalue weighted by Gasteiger charge is -2.36. The van der Waals surface area contributed by atoms with Gasteiger partial charge in [0.1, 0.15) is 0 Å². The number of hydrogen-bond donors (Lipinski definition) is 1. The normalized spacial score (nSPS) is 28.6. The molecule has 0 bridgehead atoms. The number of aromatic nitrogens is 1. The molecule has 0 spiro atoms. The maximum absolute atomic E-state index is 10.8. The van der Waals surface area contributed by atoms with Gasteiger partial charge in [-0.05, 0) is 18.8 Å². The fourth-order valence-electron chi connectivity index (χ4n) is 2.99. The fraction of sp³-hybridized carbons (Fsp3) is 0.812. The zero-order chi connectivity index (χ0) is 14.1. The van der Waals surface area contributed by atoms with E-state index in [9.17, 15) is 5.11 Å². The topological polar surface area (TPSA) is 33.1 Å². The van der Waals surface area contributed by atoms with Gasteiger partial charge in [0.15, 0.2) is 0 Å². The van der Waals surface area contributed by atoms with Gasteiger partial charge in [0.05, 0.1) is 16.3 Å². The van der Waals surface area contributed by atoms with E-state index in [1.165, 1.54) is 12.8 Å². The minimum absolute atomic E-state index is 0.107. The summed E-state index contributed by atoms with van der Waals surface area (Å²) < 4.78 is 0. The third-order valence-electron chi connectivity index (χ3n) is 4.30. The molecular formula is C16H27NOS. The molecule has 1 N–H and O–H groups in total. The summed E-state index contributed by atoms with van der Waals surface area (Å²) in [6, 6.07) is 0. The van der Waals surface area contributed by atoms with Gasteiger partial charge in [-0.2, -0.15) is 0 Å². The Morgan fingerprint density at radius 1 is 1.47 bits per heavy atom. The first-order valence-corrected chi connectivity index (χ1v) is 8.38. The summed E-state index contributed by atoms with van der Waals surface area (Å²) in [6.07, 6.45) is 6.26. The molecule has 2 unspecified atom stereocenters. The van der Waals surface area contributed by atoms with E-state index in [1.54, 1.807) is 11.3 Å². The molecule has 19 heavy (non-hydrogen) atoms. The maximum Gasteiger partial charge on any atom is 0.0957 e. The van der Waals surface area contributed by atoms with Crippen LogP contribution in [-0.4, -0.2) is 15.7 Å². The molecule has 0 amide bonds. The number of aliphatic hydroxyl groups is 1. The minimum atomic E-state index is -0.508. The van der Waals surface area contributed by atoms with Crippen LogP contribution in [0.5, 0.6) is 0 Å². The summed E-state index contributed by atoms with van der Waals surface area (Å²) in [5, 5.41) is 14.1. The van der Waals surface area contributed by atoms with Gasteiger partial charge in [-0.3, -0.25) is 0 Å². The monoisotopic (exact) mass is 281 g/mol. The molecule has 108 valence electrons. The standard InChI is InChI=1S/C16H27NOS/c1-5-12-7-6-8-16(18,9-12)10-14-17-13(11-19-14)15(2,3)4/h11-12,18H,5-10H2,1-4H3. The zero-order valence-electron chi connectivity index (χ0n) is 12.7. The van der Waals surface area contributed by atoms with Gasteiger partial charge in [0, 0.05) is 17.2 Å². The first-order valence-electron chi connectivity index (χ1n) is 7.50. The molecule has 0 aromatic carbocycles. The summed E-state index contributed by atoms with van der Waals surface area (Å²) in [7, 11) is 0. The van der Waals surface area contributed by atoms with Crippen molar-refractivity contribution in [1.29, 1.82) is 0 Å². The Labute approximate surface area is 121 Å². The highest BCUT2D eigenvalue weighted by molar-refractivity contribution is 7.09. The van der Waals surface area contributed by atoms with Crippen molar-refractivity contribution in [2.45, 2.75) is 77.2 Å². The number of rotatable bonds is 3. The lowest BCUT2D eigenvalue weighted by molar-refractivity contribution is -0.0162. The van der Waals surface area contributed by atoms with Crippen LogP contribution in [0.1, 0.15) is 70.5 Å². The summed E-state index contributed by atoms with van der Waals surface area (Å²) in [5.41, 5.74) is 0.751. The third-order valence-corrected chi connectivity index (χ3v) is 5.15. The minimum Gasteiger partial charge on any atom is -0.389 e. The van der Waals surface area contributed by atoms with Gasteiger partial charge in [0.25, 0.3) is 0 Å². The van der Waals surface area contributed by atoms with E-state index in [1.807, 2.05) is 0 Å². The molecule has 0 aliphatic heterocycles. The maximum atomic E-state index is 10.8. The van der Waals surface area contributed by atoms with E-state index in [4.69, 9.17) is 4.98 Å². The second-order valence-electron chi connectivity index (χ2n) is 7.15. The Morgan fingerprint density at radius 2 is 2.21 bits per heavy atom. The van der Waals surface area contributed by atoms with Crippen molar-refractivity contribution >= 4 is 11.3 Å². The van der Waals surface area contributed by atoms with Crippen LogP contribution in [0.25, 0.3) is 0 Å². The summed E-state index contributed by atoms with van der Waals surface area (Å²) in [6.45, 7) is 8.80. The highest BCUT2D eigenvalue weighted by atomic mass is 32.1. The number of nitrogens with zero attached hydrogens (tertiary/aromatic N) is 1. The van der Waals surface area contributed by atoms with Crippen molar-refractivity contribution in [3.63, 3.8) is 0 Å². The van der Waals surface area contributed by atoms with E-state index in [-0.39, 0.29) is 5.41 Å². The molecule has 2 nitrogen and oxygen atoms in total. The molecule has 0 radical (unpaired) electrons. The predicted octanol–water partition coefficient (Wildman–Crippen LogP) is 4.31. The average Bonchev–Trinajstić information content (AvgIpc) is 2.76. The van der Waals surface area contributed by atoms with E-state index >= 15 is 0 Å². The molecular weight excluding hydrogens is 254 g/mol. The van der Waals surface area contributed by atoms with Gasteiger partial charge < -0.3 is 5.11 Å². The Hall–Kier alpha value is -0.410. The smallest absolute Gasteiger partial charge is 0.0957 e. The molecule has 1 aromatic rings. The van der Waals surface area contributed by atoms with Crippen molar-refractivity contribution < 1.29 is 5.11 Å². The lowest BCUT2D eigenvalue weighted by Crippen LogP contribution is -2.37. The van der Waals surface area contributed by atoms with Gasteiger partial charge in [-0.25, -0.2) is 4.98 Å². The highest BCUT2D eigenvalue weighted by Crippen LogP contribution is 2.37. The Kier molecular flexibility index (Phi) is 4.36. The summed E-state index contributed by atoms with van der Waals surface area (Å²) in [5.74, 6) is 0.695. The summed E-state index contributed by atoms with van der Waals surface area (Å²) in [4.78, 5) is 4.73. The van der Waals surface area contributed by atoms with Crippen LogP contribution in [0, 0.1) is 5.92 Å². The fourth-order valence-corrected chi connectivity index (χ4v) is 4.15. The second-order valence-corrected chi connectivity index (χ2v) is 8.09. The Morgan fingerprint density at radius 3 is 2.79 bits per heavy atom. The van der Waals surface area contributed by atoms with Crippen molar-refractivity contribution in [2.24, 2.45) is 5.92 Å². The van der Waals surface area contributed by atoms with Crippen LogP contribution >= 0.6 is 11.3 Å². The van der Waals surface area contributed by atoms with Crippen molar-refractivity contribution in [3.05, 3.63) is 16.1 Å². The van der Waals surface area contributed by atoms with E-state index < -0.39 is 5.60 Å². The summed E-state index contributed by atoms with van der Waals surface area (Å²) >= 11 is 1.71. The van der Waals surface area contributed by atoms with Gasteiger partial charge in [0.2, 0.25) is 0 Å². The molecule has 1 aliphatic carbocycles. The van der Waals surface area contributed by atoms with E-state index in [2.05, 4.69) is 33.1 Å². The van der Waals surface area contributed by atoms with Crippen molar-refractivity contribution in [1.82, 2.24) is 4.98 Å². The van der Waals surface area contributed by atoms with Gasteiger partial charge in [-0.1, -0.05) is 47.0 Å². The Balaban J connectivity index is 2.05. The first kappa shape index (κ1) is 15.0. The first-order chi connectivity index (χ1) is 8.82. The van der Waals surface area contributed by atoms with Crippen molar-refractivity contribution in [2.75, 3.05) is 0 Å². The van der Waals surface area contributed by atoms with E-state index in [0.717, 1.165) is 36.4 Å². The largest absolute Gasteiger partial charge is 0.389 e. The molecule has 1 heterocycles. The molecule has 1 aliphatic rings. The van der Waals surface area contributed by atoms with Crippen LogP contribution in [-0.2, 0) is 11.8 Å². The number of hydrogen-bond acceptors (Lipinski definition) is 3. The zero-order valence-corrected chi connectivity index (χ0v) is 13.5. The molecule has 1 fully saturated rings. The van der Waals surface area contributed by atoms with Crippen LogP contribution in [0.4, 0.5) is 0 Å². The lowest BCUT2D eigenvalue weighted by atomic mass is 9.75. The number of thiazole rings is 1. The molecule has 2 rings (SSSR count). The van der Waals surface area contributed by atoms with Crippen LogP contribution in [0.3, 0.4) is 0 Å². The predicted molar refractivity (Wildman–Crippen MR) is 81.7 cm³/mol. The van der Waals surface area contributed by atoms with Crippen molar-refractivity contribution in [3.8, 4) is 0 Å². The van der Waals surface area contributed by atoms with Crippen LogP contribution in [0.2, 0.25) is 0 Å². The molecule has 0 saturated heterocycles. The quantitative estimate of drug-likeness (QED) is 0.895. The highest BCUT2D eigenvalue weighted by Gasteiger charge is 2.34. The van der Waals surface area contributed by atoms with Crippen LogP contribution in [0.15, 0.2) is 5.38 Å². The Bertz CT molecular complexity index is 421. The molecule has 1 aromatic heterocycles. The second kappa shape index (κ2) is 5.53. The van der Waals surface area contributed by atoms with E-state index in [0.29, 0.717) is 5.92 Å². The van der Waals surface area contributed by atoms with Gasteiger partial charge in [-0.15, -0.1) is 11.3 Å². The van der Waals surface area contributed by atoms with Crippen LogP contribution < -0.4 is 0 Å². The molecule has 1 saturated carbocycles. The average molecular weight is 281 g/mol. The molecule has 2 atom stereocenters. The third kappa shape index (κ3) is 3.79. The SMILES string of the molecule is CCC1CCCC(O)(Cc2nc(C(C)(C)C)cs2)C1. The molecule has 3 heteroatoms.